The van der Waals surface area contributed by atoms with E-state index in [9.17, 15) is 4.79 Å². The van der Waals surface area contributed by atoms with Crippen LogP contribution in [0.25, 0.3) is 0 Å². The second kappa shape index (κ2) is 4.85. The van der Waals surface area contributed by atoms with Crippen molar-refractivity contribution < 1.29 is 9.53 Å². The van der Waals surface area contributed by atoms with Crippen molar-refractivity contribution in [3.05, 3.63) is 46.2 Å². The molecule has 1 aliphatic heterocycles. The van der Waals surface area contributed by atoms with Gasteiger partial charge < -0.3 is 9.64 Å². The SMILES string of the molecule is CC1(C)CN(C(=O)c2sccc2C2CC2)c2ccccc2O1. The number of carbonyl (C=O) groups excluding carboxylic acids is 1. The average Bonchev–Trinajstić information content (AvgIpc) is 3.22. The van der Waals surface area contributed by atoms with Crippen LogP contribution in [0.5, 0.6) is 5.75 Å². The first-order chi connectivity index (χ1) is 10.6. The van der Waals surface area contributed by atoms with Crippen LogP contribution in [0.3, 0.4) is 0 Å². The van der Waals surface area contributed by atoms with Crippen molar-refractivity contribution in [1.29, 1.82) is 0 Å². The third kappa shape index (κ3) is 2.31. The molecule has 22 heavy (non-hydrogen) atoms. The molecule has 1 fully saturated rings. The van der Waals surface area contributed by atoms with E-state index in [4.69, 9.17) is 4.74 Å². The van der Waals surface area contributed by atoms with Gasteiger partial charge in [0, 0.05) is 0 Å². The zero-order chi connectivity index (χ0) is 15.3. The zero-order valence-corrected chi connectivity index (χ0v) is 13.7. The fraction of sp³-hybridized carbons (Fsp3) is 0.389. The van der Waals surface area contributed by atoms with Crippen molar-refractivity contribution in [3.63, 3.8) is 0 Å². The summed E-state index contributed by atoms with van der Waals surface area (Å²) >= 11 is 1.56. The number of ether oxygens (including phenoxy) is 1. The summed E-state index contributed by atoms with van der Waals surface area (Å²) in [4.78, 5) is 15.9. The van der Waals surface area contributed by atoms with E-state index >= 15 is 0 Å². The molecule has 0 N–H and O–H groups in total. The molecule has 3 nitrogen and oxygen atoms in total. The molecule has 1 aromatic heterocycles. The fourth-order valence-electron chi connectivity index (χ4n) is 3.07. The first-order valence-corrected chi connectivity index (χ1v) is 8.60. The molecule has 0 unspecified atom stereocenters. The summed E-state index contributed by atoms with van der Waals surface area (Å²) in [7, 11) is 0. The second-order valence-corrected chi connectivity index (χ2v) is 7.62. The van der Waals surface area contributed by atoms with Crippen LogP contribution in [0.4, 0.5) is 5.69 Å². The Morgan fingerprint density at radius 1 is 1.27 bits per heavy atom. The van der Waals surface area contributed by atoms with E-state index in [0.29, 0.717) is 12.5 Å². The molecular weight excluding hydrogens is 294 g/mol. The molecule has 114 valence electrons. The van der Waals surface area contributed by atoms with Gasteiger partial charge in [0.25, 0.3) is 5.91 Å². The van der Waals surface area contributed by atoms with Crippen molar-refractivity contribution in [3.8, 4) is 5.75 Å². The molecule has 0 spiro atoms. The monoisotopic (exact) mass is 313 g/mol. The van der Waals surface area contributed by atoms with E-state index in [1.54, 1.807) is 11.3 Å². The van der Waals surface area contributed by atoms with Crippen LogP contribution < -0.4 is 9.64 Å². The van der Waals surface area contributed by atoms with Gasteiger partial charge in [0.2, 0.25) is 0 Å². The highest BCUT2D eigenvalue weighted by Gasteiger charge is 2.37. The summed E-state index contributed by atoms with van der Waals surface area (Å²) in [6.45, 7) is 4.63. The third-order valence-corrected chi connectivity index (χ3v) is 5.15. The van der Waals surface area contributed by atoms with Crippen molar-refractivity contribution in [2.75, 3.05) is 11.4 Å². The van der Waals surface area contributed by atoms with Crippen LogP contribution in [-0.4, -0.2) is 18.1 Å². The minimum Gasteiger partial charge on any atom is -0.484 e. The fourth-order valence-corrected chi connectivity index (χ4v) is 4.01. The normalized spacial score (nSPS) is 19.5. The number of rotatable bonds is 2. The van der Waals surface area contributed by atoms with Crippen LogP contribution in [0.1, 0.15) is 47.8 Å². The van der Waals surface area contributed by atoms with Gasteiger partial charge in [-0.15, -0.1) is 11.3 Å². The van der Waals surface area contributed by atoms with E-state index in [0.717, 1.165) is 16.3 Å². The molecule has 2 heterocycles. The Bertz CT molecular complexity index is 730. The lowest BCUT2D eigenvalue weighted by Crippen LogP contribution is -2.49. The van der Waals surface area contributed by atoms with Gasteiger partial charge in [0.1, 0.15) is 11.4 Å². The van der Waals surface area contributed by atoms with Gasteiger partial charge in [-0.1, -0.05) is 12.1 Å². The third-order valence-electron chi connectivity index (χ3n) is 4.23. The zero-order valence-electron chi connectivity index (χ0n) is 12.8. The van der Waals surface area contributed by atoms with Crippen molar-refractivity contribution in [1.82, 2.24) is 0 Å². The van der Waals surface area contributed by atoms with E-state index < -0.39 is 0 Å². The summed E-state index contributed by atoms with van der Waals surface area (Å²) in [6.07, 6.45) is 2.42. The van der Waals surface area contributed by atoms with E-state index in [-0.39, 0.29) is 11.5 Å². The first-order valence-electron chi connectivity index (χ1n) is 7.72. The Balaban J connectivity index is 1.75. The molecule has 0 radical (unpaired) electrons. The van der Waals surface area contributed by atoms with E-state index in [1.165, 1.54) is 18.4 Å². The molecule has 2 aromatic rings. The number of benzene rings is 1. The maximum absolute atomic E-state index is 13.1. The second-order valence-electron chi connectivity index (χ2n) is 6.70. The maximum atomic E-state index is 13.1. The average molecular weight is 313 g/mol. The van der Waals surface area contributed by atoms with Gasteiger partial charge in [0.05, 0.1) is 17.1 Å². The Morgan fingerprint density at radius 2 is 2.05 bits per heavy atom. The molecule has 1 amide bonds. The smallest absolute Gasteiger partial charge is 0.268 e. The van der Waals surface area contributed by atoms with E-state index in [2.05, 4.69) is 6.07 Å². The molecule has 2 aliphatic rings. The number of carbonyl (C=O) groups is 1. The van der Waals surface area contributed by atoms with Crippen molar-refractivity contribution in [2.24, 2.45) is 0 Å². The van der Waals surface area contributed by atoms with Crippen LogP contribution in [0.2, 0.25) is 0 Å². The number of hydrogen-bond acceptors (Lipinski definition) is 3. The highest BCUT2D eigenvalue weighted by Crippen LogP contribution is 2.44. The Hall–Kier alpha value is -1.81. The highest BCUT2D eigenvalue weighted by atomic mass is 32.1. The Labute approximate surface area is 134 Å². The van der Waals surface area contributed by atoms with Gasteiger partial charge in [-0.2, -0.15) is 0 Å². The minimum atomic E-state index is -0.374. The summed E-state index contributed by atoms with van der Waals surface area (Å²) in [5, 5.41) is 2.04. The predicted molar refractivity (Wildman–Crippen MR) is 89.1 cm³/mol. The predicted octanol–water partition coefficient (Wildman–Crippen LogP) is 4.44. The molecule has 0 bridgehead atoms. The van der Waals surface area contributed by atoms with Gasteiger partial charge in [-0.3, -0.25) is 4.79 Å². The summed E-state index contributed by atoms with van der Waals surface area (Å²) in [6, 6.07) is 9.92. The van der Waals surface area contributed by atoms with Gasteiger partial charge in [0.15, 0.2) is 0 Å². The van der Waals surface area contributed by atoms with Gasteiger partial charge in [-0.05, 0) is 61.7 Å². The maximum Gasteiger partial charge on any atom is 0.268 e. The molecule has 1 aliphatic carbocycles. The molecule has 4 rings (SSSR count). The number of nitrogens with zero attached hydrogens (tertiary/aromatic N) is 1. The quantitative estimate of drug-likeness (QED) is 0.820. The molecule has 0 atom stereocenters. The van der Waals surface area contributed by atoms with Crippen LogP contribution in [0.15, 0.2) is 35.7 Å². The first kappa shape index (κ1) is 13.8. The lowest BCUT2D eigenvalue weighted by Gasteiger charge is -2.39. The molecular formula is C18H19NO2S. The molecule has 4 heteroatoms. The lowest BCUT2D eigenvalue weighted by atomic mass is 10.0. The number of anilines is 1. The van der Waals surface area contributed by atoms with Crippen LogP contribution in [0, 0.1) is 0 Å². The summed E-state index contributed by atoms with van der Waals surface area (Å²) in [5.41, 5.74) is 1.74. The lowest BCUT2D eigenvalue weighted by molar-refractivity contribution is 0.0839. The van der Waals surface area contributed by atoms with Crippen molar-refractivity contribution >= 4 is 22.9 Å². The standard InChI is InChI=1S/C18H19NO2S/c1-18(2)11-19(14-5-3-4-6-15(14)21-18)17(20)16-13(9-10-22-16)12-7-8-12/h3-6,9-10,12H,7-8,11H2,1-2H3. The number of para-hydroxylation sites is 2. The Morgan fingerprint density at radius 3 is 2.82 bits per heavy atom. The van der Waals surface area contributed by atoms with Crippen LogP contribution >= 0.6 is 11.3 Å². The summed E-state index contributed by atoms with van der Waals surface area (Å²) < 4.78 is 6.02. The Kier molecular flexibility index (Phi) is 3.05. The van der Waals surface area contributed by atoms with Crippen LogP contribution in [-0.2, 0) is 0 Å². The number of thiophene rings is 1. The topological polar surface area (TPSA) is 29.5 Å². The number of amides is 1. The minimum absolute atomic E-state index is 0.112. The van der Waals surface area contributed by atoms with E-state index in [1.807, 2.05) is 48.4 Å². The van der Waals surface area contributed by atoms with Gasteiger partial charge in [-0.25, -0.2) is 0 Å². The molecule has 0 saturated heterocycles. The molecule has 1 saturated carbocycles. The highest BCUT2D eigenvalue weighted by molar-refractivity contribution is 7.12. The molecule has 1 aromatic carbocycles. The number of hydrogen-bond donors (Lipinski definition) is 0. The number of fused-ring (bicyclic) bond motifs is 1. The largest absolute Gasteiger partial charge is 0.484 e. The van der Waals surface area contributed by atoms with Gasteiger partial charge >= 0.3 is 0 Å². The van der Waals surface area contributed by atoms with Crippen molar-refractivity contribution in [2.45, 2.75) is 38.2 Å². The summed E-state index contributed by atoms with van der Waals surface area (Å²) in [5.74, 6) is 1.49.